The molecule has 1 heterocycles. The number of amides is 1. The second kappa shape index (κ2) is 5.66. The Morgan fingerprint density at radius 3 is 3.00 bits per heavy atom. The fourth-order valence-corrected chi connectivity index (χ4v) is 4.09. The predicted octanol–water partition coefficient (Wildman–Crippen LogP) is 2.68. The Hall–Kier alpha value is -1.59. The number of nitrogens with one attached hydrogen (secondary N) is 1. The molecular weight excluding hydrogens is 284 g/mol. The fraction of sp³-hybridized carbons (Fsp3) is 0.438. The molecule has 4 N–H and O–H groups in total. The summed E-state index contributed by atoms with van der Waals surface area (Å²) in [5.74, 6) is 0.0391. The number of thiophene rings is 1. The molecule has 1 aromatic carbocycles. The molecule has 1 fully saturated rings. The number of rotatable bonds is 3. The molecule has 0 aliphatic heterocycles. The zero-order valence-corrected chi connectivity index (χ0v) is 12.9. The maximum Gasteiger partial charge on any atom is 0.263 e. The van der Waals surface area contributed by atoms with Gasteiger partial charge in [-0.1, -0.05) is 18.6 Å². The molecule has 1 aliphatic carbocycles. The first-order valence-corrected chi connectivity index (χ1v) is 8.13. The highest BCUT2D eigenvalue weighted by molar-refractivity contribution is 7.21. The molecule has 1 amide bonds. The van der Waals surface area contributed by atoms with E-state index in [0.29, 0.717) is 17.1 Å². The van der Waals surface area contributed by atoms with Gasteiger partial charge < -0.3 is 16.2 Å². The number of benzene rings is 1. The fourth-order valence-electron chi connectivity index (χ4n) is 2.95. The van der Waals surface area contributed by atoms with Crippen LogP contribution >= 0.6 is 11.3 Å². The lowest BCUT2D eigenvalue weighted by atomic mass is 10.1. The number of hydrogen-bond donors (Lipinski definition) is 3. The van der Waals surface area contributed by atoms with Crippen LogP contribution in [0, 0.1) is 12.8 Å². The summed E-state index contributed by atoms with van der Waals surface area (Å²) in [6.07, 6.45) is 2.56. The van der Waals surface area contributed by atoms with E-state index in [9.17, 15) is 9.90 Å². The first-order chi connectivity index (χ1) is 10.1. The van der Waals surface area contributed by atoms with Crippen LogP contribution in [0.15, 0.2) is 18.2 Å². The molecule has 0 radical (unpaired) electrons. The number of aliphatic hydroxyl groups is 1. The Bertz CT molecular complexity index is 680. The smallest absolute Gasteiger partial charge is 0.263 e. The summed E-state index contributed by atoms with van der Waals surface area (Å²) in [5, 5.41) is 13.7. The summed E-state index contributed by atoms with van der Waals surface area (Å²) in [5.41, 5.74) is 7.81. The number of anilines is 1. The Morgan fingerprint density at radius 2 is 2.29 bits per heavy atom. The first-order valence-electron chi connectivity index (χ1n) is 7.31. The van der Waals surface area contributed by atoms with Gasteiger partial charge in [-0.25, -0.2) is 0 Å². The van der Waals surface area contributed by atoms with E-state index in [1.807, 2.05) is 25.1 Å². The molecular formula is C16H20N2O2S. The highest BCUT2D eigenvalue weighted by Crippen LogP contribution is 2.34. The maximum absolute atomic E-state index is 12.3. The molecule has 0 saturated heterocycles. The summed E-state index contributed by atoms with van der Waals surface area (Å²) in [6.45, 7) is 2.54. The standard InChI is InChI=1S/C16H20N2O2S/c1-9-5-6-11-13(7-9)21-15(14(11)17)16(20)18-8-10-3-2-4-12(10)19/h5-7,10,12,19H,2-4,8,17H2,1H3,(H,18,20). The number of fused-ring (bicyclic) bond motifs is 1. The van der Waals surface area contributed by atoms with E-state index >= 15 is 0 Å². The van der Waals surface area contributed by atoms with Gasteiger partial charge >= 0.3 is 0 Å². The zero-order valence-electron chi connectivity index (χ0n) is 12.1. The van der Waals surface area contributed by atoms with Gasteiger partial charge in [-0.05, 0) is 31.4 Å². The summed E-state index contributed by atoms with van der Waals surface area (Å²) in [7, 11) is 0. The van der Waals surface area contributed by atoms with Crippen LogP contribution in [0.1, 0.15) is 34.5 Å². The third-order valence-corrected chi connectivity index (χ3v) is 5.40. The summed E-state index contributed by atoms with van der Waals surface area (Å²) >= 11 is 1.43. The quantitative estimate of drug-likeness (QED) is 0.816. The molecule has 4 nitrogen and oxygen atoms in total. The van der Waals surface area contributed by atoms with Crippen LogP contribution in [0.2, 0.25) is 0 Å². The van der Waals surface area contributed by atoms with Crippen LogP contribution in [-0.4, -0.2) is 23.7 Å². The Balaban J connectivity index is 1.76. The monoisotopic (exact) mass is 304 g/mol. The van der Waals surface area contributed by atoms with Gasteiger partial charge in [-0.15, -0.1) is 11.3 Å². The maximum atomic E-state index is 12.3. The van der Waals surface area contributed by atoms with Crippen molar-refractivity contribution in [3.63, 3.8) is 0 Å². The third-order valence-electron chi connectivity index (χ3n) is 4.23. The van der Waals surface area contributed by atoms with Crippen molar-refractivity contribution in [3.05, 3.63) is 28.6 Å². The van der Waals surface area contributed by atoms with E-state index < -0.39 is 0 Å². The van der Waals surface area contributed by atoms with E-state index in [1.165, 1.54) is 11.3 Å². The minimum atomic E-state index is -0.285. The lowest BCUT2D eigenvalue weighted by Gasteiger charge is -2.14. The Morgan fingerprint density at radius 1 is 1.48 bits per heavy atom. The number of nitrogen functional groups attached to an aromatic ring is 1. The van der Waals surface area contributed by atoms with Crippen molar-refractivity contribution >= 4 is 33.0 Å². The molecule has 5 heteroatoms. The molecule has 21 heavy (non-hydrogen) atoms. The van der Waals surface area contributed by atoms with Crippen LogP contribution in [-0.2, 0) is 0 Å². The van der Waals surface area contributed by atoms with Crippen molar-refractivity contribution in [2.45, 2.75) is 32.3 Å². The summed E-state index contributed by atoms with van der Waals surface area (Å²) < 4.78 is 1.04. The average molecular weight is 304 g/mol. The zero-order chi connectivity index (χ0) is 15.0. The minimum Gasteiger partial charge on any atom is -0.397 e. The number of carbonyl (C=O) groups is 1. The van der Waals surface area contributed by atoms with Crippen molar-refractivity contribution in [1.29, 1.82) is 0 Å². The van der Waals surface area contributed by atoms with E-state index in [2.05, 4.69) is 5.32 Å². The van der Waals surface area contributed by atoms with E-state index in [4.69, 9.17) is 5.73 Å². The lowest BCUT2D eigenvalue weighted by Crippen LogP contribution is -2.32. The van der Waals surface area contributed by atoms with Crippen molar-refractivity contribution in [3.8, 4) is 0 Å². The van der Waals surface area contributed by atoms with Crippen molar-refractivity contribution < 1.29 is 9.90 Å². The van der Waals surface area contributed by atoms with Gasteiger partial charge in [0, 0.05) is 22.5 Å². The largest absolute Gasteiger partial charge is 0.397 e. The number of aliphatic hydroxyl groups excluding tert-OH is 1. The molecule has 3 rings (SSSR count). The summed E-state index contributed by atoms with van der Waals surface area (Å²) in [6, 6.07) is 6.02. The van der Waals surface area contributed by atoms with E-state index in [-0.39, 0.29) is 17.9 Å². The first kappa shape index (κ1) is 14.4. The average Bonchev–Trinajstić information content (AvgIpc) is 3.00. The van der Waals surface area contributed by atoms with Crippen molar-refractivity contribution in [1.82, 2.24) is 5.32 Å². The number of hydrogen-bond acceptors (Lipinski definition) is 4. The van der Waals surface area contributed by atoms with Crippen LogP contribution in [0.3, 0.4) is 0 Å². The van der Waals surface area contributed by atoms with Crippen molar-refractivity contribution in [2.24, 2.45) is 5.92 Å². The van der Waals surface area contributed by atoms with E-state index in [0.717, 1.165) is 34.9 Å². The normalized spacial score (nSPS) is 21.8. The molecule has 112 valence electrons. The van der Waals surface area contributed by atoms with Gasteiger partial charge in [0.15, 0.2) is 0 Å². The third kappa shape index (κ3) is 2.76. The molecule has 0 spiro atoms. The minimum absolute atomic E-state index is 0.134. The van der Waals surface area contributed by atoms with Gasteiger partial charge in [-0.2, -0.15) is 0 Å². The van der Waals surface area contributed by atoms with Gasteiger partial charge in [0.1, 0.15) is 4.88 Å². The highest BCUT2D eigenvalue weighted by Gasteiger charge is 2.26. The van der Waals surface area contributed by atoms with Crippen LogP contribution in [0.5, 0.6) is 0 Å². The Kier molecular flexibility index (Phi) is 3.87. The van der Waals surface area contributed by atoms with E-state index in [1.54, 1.807) is 0 Å². The second-order valence-corrected chi connectivity index (χ2v) is 6.87. The molecule has 1 saturated carbocycles. The molecule has 1 aliphatic rings. The highest BCUT2D eigenvalue weighted by atomic mass is 32.1. The molecule has 1 aromatic heterocycles. The topological polar surface area (TPSA) is 75.4 Å². The predicted molar refractivity (Wildman–Crippen MR) is 86.7 cm³/mol. The SMILES string of the molecule is Cc1ccc2c(N)c(C(=O)NCC3CCCC3O)sc2c1. The van der Waals surface area contributed by atoms with Gasteiger partial charge in [0.2, 0.25) is 0 Å². The van der Waals surface area contributed by atoms with Crippen molar-refractivity contribution in [2.75, 3.05) is 12.3 Å². The Labute approximate surface area is 128 Å². The molecule has 0 bridgehead atoms. The van der Waals surface area contributed by atoms with Gasteiger partial charge in [0.05, 0.1) is 11.8 Å². The second-order valence-electron chi connectivity index (χ2n) is 5.81. The summed E-state index contributed by atoms with van der Waals surface area (Å²) in [4.78, 5) is 12.9. The van der Waals surface area contributed by atoms with Crippen LogP contribution in [0.25, 0.3) is 10.1 Å². The number of carbonyl (C=O) groups excluding carboxylic acids is 1. The molecule has 2 atom stereocenters. The van der Waals surface area contributed by atoms with Gasteiger partial charge in [-0.3, -0.25) is 4.79 Å². The number of nitrogens with two attached hydrogens (primary N) is 1. The van der Waals surface area contributed by atoms with Crippen LogP contribution < -0.4 is 11.1 Å². The molecule has 2 aromatic rings. The molecule has 2 unspecified atom stereocenters. The van der Waals surface area contributed by atoms with Crippen LogP contribution in [0.4, 0.5) is 5.69 Å². The number of aryl methyl sites for hydroxylation is 1. The van der Waals surface area contributed by atoms with Gasteiger partial charge in [0.25, 0.3) is 5.91 Å². The lowest BCUT2D eigenvalue weighted by molar-refractivity contribution is 0.0921.